The van der Waals surface area contributed by atoms with Gasteiger partial charge in [-0.05, 0) is 31.0 Å². The molecule has 1 unspecified atom stereocenters. The zero-order chi connectivity index (χ0) is 10.6. The van der Waals surface area contributed by atoms with Crippen LogP contribution < -0.4 is 4.74 Å². The summed E-state index contributed by atoms with van der Waals surface area (Å²) in [5.41, 5.74) is 0.222. The second-order valence-corrected chi connectivity index (χ2v) is 4.16. The van der Waals surface area contributed by atoms with Crippen LogP contribution in [0.3, 0.4) is 0 Å². The van der Waals surface area contributed by atoms with Gasteiger partial charge in [0.15, 0.2) is 0 Å². The summed E-state index contributed by atoms with van der Waals surface area (Å²) in [6.07, 6.45) is 1.53. The highest BCUT2D eigenvalue weighted by molar-refractivity contribution is 6.08. The molecule has 0 fully saturated rings. The van der Waals surface area contributed by atoms with E-state index in [0.29, 0.717) is 6.42 Å². The van der Waals surface area contributed by atoms with Crippen molar-refractivity contribution in [1.29, 1.82) is 0 Å². The molecule has 2 nitrogen and oxygen atoms in total. The fourth-order valence-electron chi connectivity index (χ4n) is 1.28. The predicted octanol–water partition coefficient (Wildman–Crippen LogP) is 1.01. The molecule has 0 bridgehead atoms. The van der Waals surface area contributed by atoms with E-state index in [2.05, 4.69) is 0 Å². The second-order valence-electron chi connectivity index (χ2n) is 3.58. The van der Waals surface area contributed by atoms with Gasteiger partial charge >= 0.3 is 0 Å². The first-order chi connectivity index (χ1) is 6.60. The van der Waals surface area contributed by atoms with Crippen LogP contribution >= 0.6 is 0 Å². The number of aliphatic hydroxyl groups is 1. The lowest BCUT2D eigenvalue weighted by Crippen LogP contribution is -2.19. The Morgan fingerprint density at radius 3 is 2.36 bits per heavy atom. The van der Waals surface area contributed by atoms with Gasteiger partial charge in [-0.3, -0.25) is 0 Å². The lowest BCUT2D eigenvalue weighted by Gasteiger charge is -2.21. The smallest absolute Gasteiger partial charge is 0.118 e. The maximum atomic E-state index is 9.98. The number of benzene rings is 1. The lowest BCUT2D eigenvalue weighted by molar-refractivity contribution is 0.0530. The van der Waals surface area contributed by atoms with Gasteiger partial charge in [-0.1, -0.05) is 19.1 Å². The molecule has 0 saturated carbocycles. The summed E-state index contributed by atoms with van der Waals surface area (Å²) in [4.78, 5) is 0. The molecule has 14 heavy (non-hydrogen) atoms. The zero-order valence-corrected chi connectivity index (χ0v) is 11.1. The fourth-order valence-corrected chi connectivity index (χ4v) is 1.61. The van der Waals surface area contributed by atoms with Crippen molar-refractivity contribution in [2.45, 2.75) is 25.9 Å². The van der Waals surface area contributed by atoms with Crippen molar-refractivity contribution in [2.24, 2.45) is 0 Å². The maximum Gasteiger partial charge on any atom is 0.118 e. The van der Waals surface area contributed by atoms with Gasteiger partial charge in [-0.25, -0.2) is 0 Å². The first-order valence-electron chi connectivity index (χ1n) is 5.06. The summed E-state index contributed by atoms with van der Waals surface area (Å²) in [5, 5.41) is 9.98. The van der Waals surface area contributed by atoms with E-state index in [9.17, 15) is 5.11 Å². The molecule has 0 heterocycles. The normalized spacial score (nSPS) is 15.1. The molecule has 1 aromatic rings. The van der Waals surface area contributed by atoms with Crippen LogP contribution in [0.2, 0.25) is 0 Å². The Morgan fingerprint density at radius 1 is 1.36 bits per heavy atom. The van der Waals surface area contributed by atoms with Gasteiger partial charge in [0.25, 0.3) is 0 Å². The molecule has 78 valence electrons. The van der Waals surface area contributed by atoms with Crippen molar-refractivity contribution >= 4 is 10.2 Å². The summed E-state index contributed by atoms with van der Waals surface area (Å²) in [6, 6.07) is 7.68. The van der Waals surface area contributed by atoms with Gasteiger partial charge in [-0.2, -0.15) is 0 Å². The Kier molecular flexibility index (Phi) is 3.72. The van der Waals surface area contributed by atoms with Crippen LogP contribution in [-0.2, 0) is 5.60 Å². The molecule has 0 aliphatic carbocycles. The van der Waals surface area contributed by atoms with Crippen molar-refractivity contribution in [2.75, 3.05) is 6.23 Å². The number of ether oxygens (including phenoxy) is 1. The molecule has 0 spiro atoms. The molecule has 1 aromatic carbocycles. The maximum absolute atomic E-state index is 9.98. The average Bonchev–Trinajstić information content (AvgIpc) is 2.19. The highest BCUT2D eigenvalue weighted by Crippen LogP contribution is 2.25. The summed E-state index contributed by atoms with van der Waals surface area (Å²) in [6.45, 7) is 3.80. The average molecular weight is 210 g/mol. The van der Waals surface area contributed by atoms with E-state index in [0.717, 1.165) is 27.8 Å². The fraction of sp³-hybridized carbons (Fsp3) is 0.455. The second kappa shape index (κ2) is 4.62. The van der Waals surface area contributed by atoms with E-state index in [4.69, 9.17) is 4.74 Å². The first kappa shape index (κ1) is 11.3. The molecule has 1 N–H and O–H groups in total. The van der Waals surface area contributed by atoms with E-state index in [1.54, 1.807) is 0 Å². The van der Waals surface area contributed by atoms with Crippen LogP contribution in [0.25, 0.3) is 0 Å². The van der Waals surface area contributed by atoms with Crippen molar-refractivity contribution in [3.05, 3.63) is 29.8 Å². The third-order valence-corrected chi connectivity index (χ3v) is 2.76. The molecule has 0 aliphatic heterocycles. The monoisotopic (exact) mass is 210 g/mol. The topological polar surface area (TPSA) is 29.5 Å². The van der Waals surface area contributed by atoms with Gasteiger partial charge < -0.3 is 9.84 Å². The molecule has 3 heteroatoms. The van der Waals surface area contributed by atoms with E-state index >= 15 is 0 Å². The third-order valence-electron chi connectivity index (χ3n) is 2.48. The largest absolute Gasteiger partial charge is 0.498 e. The molecule has 0 saturated heterocycles. The molecule has 0 amide bonds. The molecule has 0 aromatic heterocycles. The van der Waals surface area contributed by atoms with Gasteiger partial charge in [-0.15, -0.1) is 0 Å². The van der Waals surface area contributed by atoms with E-state index in [1.165, 1.54) is 0 Å². The zero-order valence-electron chi connectivity index (χ0n) is 9.08. The number of hydrogen-bond donors (Lipinski definition) is 1. The van der Waals surface area contributed by atoms with Crippen LogP contribution in [0.4, 0.5) is 0 Å². The SMILES string of the molecule is CCC(C)(O)c1ccc(OC[SiH3])cc1. The van der Waals surface area contributed by atoms with Crippen LogP contribution in [-0.4, -0.2) is 21.6 Å². The minimum absolute atomic E-state index is 0.716. The van der Waals surface area contributed by atoms with Gasteiger partial charge in [0.2, 0.25) is 0 Å². The minimum atomic E-state index is -0.723. The number of rotatable bonds is 4. The van der Waals surface area contributed by atoms with E-state index < -0.39 is 5.60 Å². The molecule has 1 atom stereocenters. The van der Waals surface area contributed by atoms with Crippen molar-refractivity contribution in [3.63, 3.8) is 0 Å². The molecule has 0 radical (unpaired) electrons. The van der Waals surface area contributed by atoms with Gasteiger partial charge in [0.1, 0.15) is 5.75 Å². The summed E-state index contributed by atoms with van der Waals surface area (Å²) < 4.78 is 5.39. The van der Waals surface area contributed by atoms with Crippen LogP contribution in [0.1, 0.15) is 25.8 Å². The quantitative estimate of drug-likeness (QED) is 0.752. The Hall–Kier alpha value is -0.803. The van der Waals surface area contributed by atoms with E-state index in [-0.39, 0.29) is 0 Å². The first-order valence-corrected chi connectivity index (χ1v) is 6.47. The van der Waals surface area contributed by atoms with Crippen molar-refractivity contribution in [1.82, 2.24) is 0 Å². The Balaban J connectivity index is 2.82. The summed E-state index contributed by atoms with van der Waals surface area (Å²) in [5.74, 6) is 0.885. The molecule has 0 aliphatic rings. The Morgan fingerprint density at radius 2 is 1.93 bits per heavy atom. The predicted molar refractivity (Wildman–Crippen MR) is 61.7 cm³/mol. The highest BCUT2D eigenvalue weighted by atomic mass is 28.1. The third kappa shape index (κ3) is 2.59. The molecule has 1 rings (SSSR count). The lowest BCUT2D eigenvalue weighted by atomic mass is 9.93. The van der Waals surface area contributed by atoms with Crippen LogP contribution in [0, 0.1) is 0 Å². The summed E-state index contributed by atoms with van der Waals surface area (Å²) >= 11 is 0. The van der Waals surface area contributed by atoms with Crippen molar-refractivity contribution < 1.29 is 9.84 Å². The van der Waals surface area contributed by atoms with Crippen LogP contribution in [0.5, 0.6) is 5.75 Å². The van der Waals surface area contributed by atoms with E-state index in [1.807, 2.05) is 38.1 Å². The number of hydrogen-bond acceptors (Lipinski definition) is 2. The van der Waals surface area contributed by atoms with Crippen LogP contribution in [0.15, 0.2) is 24.3 Å². The van der Waals surface area contributed by atoms with Gasteiger partial charge in [0.05, 0.1) is 22.1 Å². The highest BCUT2D eigenvalue weighted by Gasteiger charge is 2.19. The molecular weight excluding hydrogens is 192 g/mol. The Labute approximate surface area is 88.3 Å². The summed E-state index contributed by atoms with van der Waals surface area (Å²) in [7, 11) is 1.04. The minimum Gasteiger partial charge on any atom is -0.498 e. The Bertz CT molecular complexity index is 280. The molecular formula is C11H18O2Si. The van der Waals surface area contributed by atoms with Crippen molar-refractivity contribution in [3.8, 4) is 5.75 Å². The standard InChI is InChI=1S/C11H18O2Si/c1-3-11(2,12)9-4-6-10(7-5-9)13-8-14/h4-7,12H,3,8H2,1-2,14H3. The van der Waals surface area contributed by atoms with Gasteiger partial charge in [0, 0.05) is 0 Å².